The topological polar surface area (TPSA) is 52.0 Å². The molecule has 2 unspecified atom stereocenters. The fraction of sp³-hybridized carbons (Fsp3) is 0.167. The first kappa shape index (κ1) is 22.9. The number of anilines is 2. The molecule has 2 atom stereocenters. The summed E-state index contributed by atoms with van der Waals surface area (Å²) in [6.07, 6.45) is 0. The average Bonchev–Trinajstić information content (AvgIpc) is 2.92. The second-order valence-corrected chi connectivity index (χ2v) is 11.2. The summed E-state index contributed by atoms with van der Waals surface area (Å²) in [4.78, 5) is 0. The fourth-order valence-corrected chi connectivity index (χ4v) is 6.85. The number of nitrogens with two attached hydrogens (primary N) is 2. The van der Waals surface area contributed by atoms with Crippen molar-refractivity contribution in [3.8, 4) is 22.3 Å². The van der Waals surface area contributed by atoms with Gasteiger partial charge in [-0.05, 0) is 142 Å². The minimum absolute atomic E-state index is 0.236. The number of hydrogen-bond donors (Lipinski definition) is 2. The Morgan fingerprint density at radius 1 is 0.421 bits per heavy atom. The van der Waals surface area contributed by atoms with E-state index in [4.69, 9.17) is 11.5 Å². The number of benzene rings is 5. The summed E-state index contributed by atoms with van der Waals surface area (Å²) in [6.45, 7) is 8.49. The Labute approximate surface area is 225 Å². The third kappa shape index (κ3) is 3.20. The van der Waals surface area contributed by atoms with E-state index in [1.54, 1.807) is 0 Å². The molecule has 3 aliphatic carbocycles. The second-order valence-electron chi connectivity index (χ2n) is 11.2. The van der Waals surface area contributed by atoms with Crippen LogP contribution in [0.25, 0.3) is 22.3 Å². The number of aryl methyl sites for hydroxylation is 4. The molecule has 0 saturated carbocycles. The molecule has 5 aromatic rings. The molecule has 0 heterocycles. The third-order valence-electron chi connectivity index (χ3n) is 8.88. The highest BCUT2D eigenvalue weighted by molar-refractivity contribution is 5.79. The van der Waals surface area contributed by atoms with E-state index in [1.165, 1.54) is 66.8 Å². The molecule has 2 nitrogen and oxygen atoms in total. The van der Waals surface area contributed by atoms with Gasteiger partial charge in [-0.25, -0.2) is 0 Å². The smallest absolute Gasteiger partial charge is 0.0349 e. The summed E-state index contributed by atoms with van der Waals surface area (Å²) in [5.74, 6) is 0.472. The van der Waals surface area contributed by atoms with Gasteiger partial charge in [0, 0.05) is 23.2 Å². The molecule has 0 amide bonds. The van der Waals surface area contributed by atoms with Gasteiger partial charge < -0.3 is 11.5 Å². The molecule has 4 N–H and O–H groups in total. The summed E-state index contributed by atoms with van der Waals surface area (Å²) >= 11 is 0. The first-order valence-corrected chi connectivity index (χ1v) is 13.4. The van der Waals surface area contributed by atoms with Crippen molar-refractivity contribution >= 4 is 11.4 Å². The van der Waals surface area contributed by atoms with Crippen molar-refractivity contribution in [2.45, 2.75) is 39.5 Å². The van der Waals surface area contributed by atoms with Gasteiger partial charge in [0.1, 0.15) is 0 Å². The van der Waals surface area contributed by atoms with Gasteiger partial charge in [0.05, 0.1) is 0 Å². The van der Waals surface area contributed by atoms with Crippen LogP contribution in [0.15, 0.2) is 84.9 Å². The van der Waals surface area contributed by atoms with Gasteiger partial charge in [-0.3, -0.25) is 0 Å². The summed E-state index contributed by atoms with van der Waals surface area (Å²) in [7, 11) is 0. The summed E-state index contributed by atoms with van der Waals surface area (Å²) < 4.78 is 0. The molecule has 2 heteroatoms. The molecule has 2 bridgehead atoms. The monoisotopic (exact) mass is 492 g/mol. The van der Waals surface area contributed by atoms with Crippen molar-refractivity contribution < 1.29 is 0 Å². The van der Waals surface area contributed by atoms with Gasteiger partial charge in [-0.15, -0.1) is 0 Å². The van der Waals surface area contributed by atoms with Crippen LogP contribution in [0.2, 0.25) is 0 Å². The summed E-state index contributed by atoms with van der Waals surface area (Å²) in [5, 5.41) is 0. The van der Waals surface area contributed by atoms with E-state index in [9.17, 15) is 0 Å². The van der Waals surface area contributed by atoms with Crippen molar-refractivity contribution in [2.24, 2.45) is 0 Å². The van der Waals surface area contributed by atoms with Gasteiger partial charge in [0.2, 0.25) is 0 Å². The number of hydrogen-bond acceptors (Lipinski definition) is 2. The molecule has 3 aliphatic rings. The fourth-order valence-electron chi connectivity index (χ4n) is 6.85. The van der Waals surface area contributed by atoms with Crippen LogP contribution in [0.4, 0.5) is 11.4 Å². The molecule has 8 rings (SSSR count). The Balaban J connectivity index is 1.42. The zero-order chi connectivity index (χ0) is 26.3. The maximum Gasteiger partial charge on any atom is 0.0349 e. The first-order valence-electron chi connectivity index (χ1n) is 13.4. The van der Waals surface area contributed by atoms with E-state index >= 15 is 0 Å². The molecule has 5 aromatic carbocycles. The highest BCUT2D eigenvalue weighted by Crippen LogP contribution is 2.56. The highest BCUT2D eigenvalue weighted by atomic mass is 14.6. The maximum absolute atomic E-state index is 6.21. The predicted molar refractivity (Wildman–Crippen MR) is 160 cm³/mol. The van der Waals surface area contributed by atoms with E-state index in [1.807, 2.05) is 0 Å². The Hall–Kier alpha value is -4.30. The van der Waals surface area contributed by atoms with E-state index in [-0.39, 0.29) is 11.8 Å². The molecule has 186 valence electrons. The minimum Gasteiger partial charge on any atom is -0.399 e. The lowest BCUT2D eigenvalue weighted by molar-refractivity contribution is 0.755. The summed E-state index contributed by atoms with van der Waals surface area (Å²) in [5.41, 5.74) is 32.5. The summed E-state index contributed by atoms with van der Waals surface area (Å²) in [6, 6.07) is 31.9. The zero-order valence-corrected chi connectivity index (χ0v) is 22.4. The van der Waals surface area contributed by atoms with Crippen LogP contribution < -0.4 is 11.5 Å². The van der Waals surface area contributed by atoms with Gasteiger partial charge in [-0.1, -0.05) is 48.5 Å². The normalized spacial score (nSPS) is 16.6. The quantitative estimate of drug-likeness (QED) is 0.238. The minimum atomic E-state index is 0.236. The van der Waals surface area contributed by atoms with Crippen molar-refractivity contribution in [3.05, 3.63) is 141 Å². The molecule has 0 fully saturated rings. The predicted octanol–water partition coefficient (Wildman–Crippen LogP) is 8.41. The molecular weight excluding hydrogens is 460 g/mol. The third-order valence-corrected chi connectivity index (χ3v) is 8.88. The van der Waals surface area contributed by atoms with E-state index in [0.717, 1.165) is 22.5 Å². The maximum atomic E-state index is 6.21. The van der Waals surface area contributed by atoms with Crippen LogP contribution in [0.1, 0.15) is 67.5 Å². The Kier molecular flexibility index (Phi) is 4.87. The van der Waals surface area contributed by atoms with Crippen LogP contribution >= 0.6 is 0 Å². The zero-order valence-electron chi connectivity index (χ0n) is 22.4. The van der Waals surface area contributed by atoms with E-state index in [2.05, 4.69) is 113 Å². The lowest BCUT2D eigenvalue weighted by Gasteiger charge is -2.42. The second kappa shape index (κ2) is 8.10. The SMILES string of the molecule is Cc1cc(-c2ccc3c(c2)C2c4ccccc4C3c3cc(-c4cc(C)c(N)cc4C)ccc32)c(C)cc1N. The Bertz CT molecular complexity index is 1660. The molecule has 0 radical (unpaired) electrons. The number of nitrogen functional groups attached to an aromatic ring is 2. The van der Waals surface area contributed by atoms with E-state index in [0.29, 0.717) is 0 Å². The Morgan fingerprint density at radius 2 is 0.816 bits per heavy atom. The lowest BCUT2D eigenvalue weighted by atomic mass is 9.60. The lowest BCUT2D eigenvalue weighted by Crippen LogP contribution is -2.27. The van der Waals surface area contributed by atoms with Crippen LogP contribution in [0, 0.1) is 27.7 Å². The standard InChI is InChI=1S/C36H32N2/c1-19-15-33(37)21(3)13-29(19)23-9-11-27-31(17-23)35-25-7-5-6-8-26(25)36(27)32-18-24(10-12-28(32)35)30-14-22(4)34(38)16-20(30)2/h5-18,35-36H,37-38H2,1-4H3. The molecular formula is C36H32N2. The van der Waals surface area contributed by atoms with E-state index < -0.39 is 0 Å². The molecule has 0 aromatic heterocycles. The molecule has 0 aliphatic heterocycles. The van der Waals surface area contributed by atoms with Crippen LogP contribution in [-0.4, -0.2) is 0 Å². The average molecular weight is 493 g/mol. The van der Waals surface area contributed by atoms with Crippen molar-refractivity contribution in [2.75, 3.05) is 11.5 Å². The van der Waals surface area contributed by atoms with Gasteiger partial charge >= 0.3 is 0 Å². The van der Waals surface area contributed by atoms with Gasteiger partial charge in [-0.2, -0.15) is 0 Å². The van der Waals surface area contributed by atoms with Crippen molar-refractivity contribution in [1.82, 2.24) is 0 Å². The highest BCUT2D eigenvalue weighted by Gasteiger charge is 2.41. The Morgan fingerprint density at radius 3 is 1.24 bits per heavy atom. The van der Waals surface area contributed by atoms with Crippen molar-refractivity contribution in [1.29, 1.82) is 0 Å². The van der Waals surface area contributed by atoms with Crippen molar-refractivity contribution in [3.63, 3.8) is 0 Å². The van der Waals surface area contributed by atoms with Crippen LogP contribution in [-0.2, 0) is 0 Å². The van der Waals surface area contributed by atoms with Crippen LogP contribution in [0.5, 0.6) is 0 Å². The molecule has 0 spiro atoms. The van der Waals surface area contributed by atoms with Gasteiger partial charge in [0.25, 0.3) is 0 Å². The first-order chi connectivity index (χ1) is 18.3. The largest absolute Gasteiger partial charge is 0.399 e. The molecule has 38 heavy (non-hydrogen) atoms. The molecule has 0 saturated heterocycles. The van der Waals surface area contributed by atoms with Crippen LogP contribution in [0.3, 0.4) is 0 Å². The van der Waals surface area contributed by atoms with Gasteiger partial charge in [0.15, 0.2) is 0 Å². The number of rotatable bonds is 2.